The van der Waals surface area contributed by atoms with Crippen LogP contribution in [0.4, 0.5) is 17.6 Å². The molecule has 3 N–H and O–H groups in total. The molecule has 8 nitrogen and oxygen atoms in total. The Morgan fingerprint density at radius 2 is 1.94 bits per heavy atom. The fourth-order valence-electron chi connectivity index (χ4n) is 4.91. The molecule has 1 aromatic heterocycles. The SMILES string of the molecule is COC1=c2c(=O)[nH]c(=O)n(C3CC3)c2=C(C)C(N2CCC(C(N)COC(F)(F)F)C2)C1F. The quantitative estimate of drug-likeness (QED) is 0.563. The molecule has 3 aliphatic rings. The number of likely N-dealkylation sites (tertiary alicyclic amines) is 1. The lowest BCUT2D eigenvalue weighted by Gasteiger charge is -2.35. The number of hydrogen-bond donors (Lipinski definition) is 2. The summed E-state index contributed by atoms with van der Waals surface area (Å²) in [5, 5.41) is 0.386. The number of fused-ring (bicyclic) bond motifs is 1. The molecule has 4 rings (SSSR count). The van der Waals surface area contributed by atoms with Crippen molar-refractivity contribution in [2.45, 2.75) is 56.8 Å². The number of nitrogens with two attached hydrogens (primary N) is 1. The summed E-state index contributed by atoms with van der Waals surface area (Å²) in [6, 6.07) is -1.77. The van der Waals surface area contributed by atoms with E-state index in [0.717, 1.165) is 12.8 Å². The van der Waals surface area contributed by atoms with Gasteiger partial charge in [-0.05, 0) is 44.2 Å². The van der Waals surface area contributed by atoms with Crippen LogP contribution in [0.1, 0.15) is 32.2 Å². The molecule has 2 aliphatic carbocycles. The van der Waals surface area contributed by atoms with Crippen LogP contribution >= 0.6 is 0 Å². The van der Waals surface area contributed by atoms with Crippen LogP contribution in [0.5, 0.6) is 0 Å². The maximum absolute atomic E-state index is 15.7. The molecule has 4 atom stereocenters. The number of nitrogens with one attached hydrogen (secondary N) is 1. The van der Waals surface area contributed by atoms with E-state index < -0.39 is 42.5 Å². The Morgan fingerprint density at radius 3 is 2.53 bits per heavy atom. The van der Waals surface area contributed by atoms with Crippen LogP contribution in [-0.2, 0) is 9.47 Å². The van der Waals surface area contributed by atoms with Gasteiger partial charge in [0.05, 0.1) is 25.1 Å². The van der Waals surface area contributed by atoms with E-state index in [1.807, 2.05) is 0 Å². The average Bonchev–Trinajstić information content (AvgIpc) is 3.43. The van der Waals surface area contributed by atoms with Crippen molar-refractivity contribution in [2.24, 2.45) is 11.7 Å². The van der Waals surface area contributed by atoms with Crippen LogP contribution in [0.2, 0.25) is 0 Å². The summed E-state index contributed by atoms with van der Waals surface area (Å²) in [4.78, 5) is 29.2. The van der Waals surface area contributed by atoms with Crippen molar-refractivity contribution in [1.29, 1.82) is 0 Å². The molecule has 0 bridgehead atoms. The van der Waals surface area contributed by atoms with Crippen molar-refractivity contribution in [2.75, 3.05) is 26.8 Å². The van der Waals surface area contributed by atoms with Crippen LogP contribution in [0.15, 0.2) is 9.59 Å². The summed E-state index contributed by atoms with van der Waals surface area (Å²) in [7, 11) is 1.27. The number of aromatic amines is 1. The molecule has 178 valence electrons. The van der Waals surface area contributed by atoms with Gasteiger partial charge in [0.25, 0.3) is 5.56 Å². The normalized spacial score (nSPS) is 27.5. The monoisotopic (exact) mass is 462 g/mol. The number of halogens is 4. The van der Waals surface area contributed by atoms with E-state index in [-0.39, 0.29) is 29.5 Å². The lowest BCUT2D eigenvalue weighted by Crippen LogP contribution is -2.61. The third kappa shape index (κ3) is 4.11. The molecule has 0 radical (unpaired) electrons. The molecule has 1 aliphatic heterocycles. The van der Waals surface area contributed by atoms with Gasteiger partial charge in [-0.3, -0.25) is 24.0 Å². The van der Waals surface area contributed by atoms with Gasteiger partial charge in [0, 0.05) is 18.6 Å². The minimum Gasteiger partial charge on any atom is -0.497 e. The van der Waals surface area contributed by atoms with Crippen molar-refractivity contribution in [3.63, 3.8) is 0 Å². The Balaban J connectivity index is 1.71. The number of alkyl halides is 4. The molecule has 2 fully saturated rings. The Labute approximate surface area is 180 Å². The largest absolute Gasteiger partial charge is 0.522 e. The van der Waals surface area contributed by atoms with E-state index in [0.29, 0.717) is 23.9 Å². The van der Waals surface area contributed by atoms with Crippen LogP contribution in [0.3, 0.4) is 0 Å². The Hall–Kier alpha value is -2.18. The molecule has 0 spiro atoms. The third-order valence-electron chi connectivity index (χ3n) is 6.56. The van der Waals surface area contributed by atoms with Crippen LogP contribution < -0.4 is 27.6 Å². The number of nitrogens with zero attached hydrogens (tertiary/aromatic N) is 2. The maximum Gasteiger partial charge on any atom is 0.522 e. The smallest absolute Gasteiger partial charge is 0.497 e. The third-order valence-corrected chi connectivity index (χ3v) is 6.56. The van der Waals surface area contributed by atoms with Gasteiger partial charge in [-0.25, -0.2) is 9.18 Å². The standard InChI is InChI=1S/C20H26F4N4O4/c1-9-15-13(18(29)26-19(30)28(15)11-3-4-11)17(31-2)14(21)16(9)27-6-5-10(7-27)12(25)8-32-20(22,23)24/h10-12,14,16H,3-8,25H2,1-2H3,(H,26,29,30). The molecule has 0 amide bonds. The van der Waals surface area contributed by atoms with Crippen LogP contribution in [0.25, 0.3) is 11.3 Å². The Kier molecular flexibility index (Phi) is 5.97. The van der Waals surface area contributed by atoms with Crippen LogP contribution in [0, 0.1) is 5.92 Å². The predicted molar refractivity (Wildman–Crippen MR) is 107 cm³/mol. The van der Waals surface area contributed by atoms with Gasteiger partial charge in [-0.2, -0.15) is 0 Å². The lowest BCUT2D eigenvalue weighted by atomic mass is 9.94. The molecular weight excluding hydrogens is 436 g/mol. The van der Waals surface area contributed by atoms with Gasteiger partial charge in [0.2, 0.25) is 0 Å². The van der Waals surface area contributed by atoms with Crippen molar-refractivity contribution in [3.05, 3.63) is 31.4 Å². The van der Waals surface area contributed by atoms with E-state index in [9.17, 15) is 22.8 Å². The first kappa shape index (κ1) is 23.0. The van der Waals surface area contributed by atoms with Gasteiger partial charge in [-0.15, -0.1) is 13.2 Å². The zero-order valence-corrected chi connectivity index (χ0v) is 17.7. The van der Waals surface area contributed by atoms with Gasteiger partial charge < -0.3 is 10.5 Å². The summed E-state index contributed by atoms with van der Waals surface area (Å²) in [5.41, 5.74) is 5.18. The molecule has 12 heteroatoms. The fraction of sp³-hybridized carbons (Fsp3) is 0.700. The Bertz CT molecular complexity index is 1120. The summed E-state index contributed by atoms with van der Waals surface area (Å²) >= 11 is 0. The van der Waals surface area contributed by atoms with E-state index in [4.69, 9.17) is 10.5 Å². The summed E-state index contributed by atoms with van der Waals surface area (Å²) in [6.45, 7) is 1.66. The average molecular weight is 462 g/mol. The second-order valence-corrected chi connectivity index (χ2v) is 8.65. The van der Waals surface area contributed by atoms with Crippen molar-refractivity contribution in [1.82, 2.24) is 14.5 Å². The number of hydrogen-bond acceptors (Lipinski definition) is 6. The highest BCUT2D eigenvalue weighted by atomic mass is 19.4. The highest BCUT2D eigenvalue weighted by molar-refractivity contribution is 5.60. The number of ether oxygens (including phenoxy) is 2. The molecule has 1 saturated heterocycles. The maximum atomic E-state index is 15.7. The summed E-state index contributed by atoms with van der Waals surface area (Å²) < 4.78 is 63.4. The van der Waals surface area contributed by atoms with Crippen molar-refractivity contribution < 1.29 is 27.0 Å². The molecular formula is C20H26F4N4O4. The molecule has 1 aromatic rings. The molecule has 4 unspecified atom stereocenters. The first-order chi connectivity index (χ1) is 15.0. The van der Waals surface area contributed by atoms with Gasteiger partial charge in [0.15, 0.2) is 6.17 Å². The van der Waals surface area contributed by atoms with E-state index in [2.05, 4.69) is 9.72 Å². The van der Waals surface area contributed by atoms with Gasteiger partial charge >= 0.3 is 12.1 Å². The van der Waals surface area contributed by atoms with Gasteiger partial charge in [-0.1, -0.05) is 0 Å². The highest BCUT2D eigenvalue weighted by Crippen LogP contribution is 2.34. The molecule has 2 heterocycles. The van der Waals surface area contributed by atoms with E-state index >= 15 is 4.39 Å². The van der Waals surface area contributed by atoms with Crippen LogP contribution in [-0.4, -0.2) is 65.9 Å². The Morgan fingerprint density at radius 1 is 1.25 bits per heavy atom. The molecule has 0 aromatic carbocycles. The minimum absolute atomic E-state index is 0.0197. The molecule has 32 heavy (non-hydrogen) atoms. The number of aromatic nitrogens is 2. The highest BCUT2D eigenvalue weighted by Gasteiger charge is 2.43. The number of methoxy groups -OCH3 is 1. The minimum atomic E-state index is -4.76. The van der Waals surface area contributed by atoms with Crippen molar-refractivity contribution in [3.8, 4) is 0 Å². The first-order valence-electron chi connectivity index (χ1n) is 10.5. The zero-order valence-electron chi connectivity index (χ0n) is 17.7. The topological polar surface area (TPSA) is 103 Å². The summed E-state index contributed by atoms with van der Waals surface area (Å²) in [6.07, 6.45) is -4.42. The first-order valence-corrected chi connectivity index (χ1v) is 10.5. The predicted octanol–water partition coefficient (Wildman–Crippen LogP) is -0.297. The van der Waals surface area contributed by atoms with E-state index in [1.165, 1.54) is 11.7 Å². The number of rotatable bonds is 6. The van der Waals surface area contributed by atoms with Crippen molar-refractivity contribution >= 4 is 11.3 Å². The number of H-pyrrole nitrogens is 1. The summed E-state index contributed by atoms with van der Waals surface area (Å²) in [5.74, 6) is -0.478. The fourth-order valence-corrected chi connectivity index (χ4v) is 4.91. The second-order valence-electron chi connectivity index (χ2n) is 8.65. The lowest BCUT2D eigenvalue weighted by molar-refractivity contribution is -0.326. The zero-order chi connectivity index (χ0) is 23.4. The molecule has 1 saturated carbocycles. The van der Waals surface area contributed by atoms with Gasteiger partial charge in [0.1, 0.15) is 11.0 Å². The van der Waals surface area contributed by atoms with E-state index in [1.54, 1.807) is 11.8 Å². The second kappa shape index (κ2) is 8.31.